The minimum atomic E-state index is -0.479. The van der Waals surface area contributed by atoms with Gasteiger partial charge in [-0.3, -0.25) is 4.79 Å². The zero-order valence-corrected chi connectivity index (χ0v) is 16.4. The molecule has 0 atom stereocenters. The first-order chi connectivity index (χ1) is 12.9. The van der Waals surface area contributed by atoms with Crippen molar-refractivity contribution in [2.45, 2.75) is 33.7 Å². The number of nitriles is 1. The molecule has 0 saturated heterocycles. The highest BCUT2D eigenvalue weighted by molar-refractivity contribution is 6.09. The first kappa shape index (κ1) is 20.1. The largest absolute Gasteiger partial charge is 0.497 e. The number of ether oxygens (including phenoxy) is 2. The lowest BCUT2D eigenvalue weighted by molar-refractivity contribution is -0.112. The molecule has 0 saturated carbocycles. The number of rotatable bonds is 7. The van der Waals surface area contributed by atoms with Crippen LogP contribution in [0, 0.1) is 25.2 Å². The van der Waals surface area contributed by atoms with Crippen LogP contribution >= 0.6 is 0 Å². The smallest absolute Gasteiger partial charge is 0.266 e. The summed E-state index contributed by atoms with van der Waals surface area (Å²) < 4.78 is 12.6. The lowest BCUT2D eigenvalue weighted by atomic mass is 10.1. The van der Waals surface area contributed by atoms with Gasteiger partial charge in [0.05, 0.1) is 14.2 Å². The van der Waals surface area contributed by atoms with Gasteiger partial charge in [0.15, 0.2) is 0 Å². The second-order valence-electron chi connectivity index (χ2n) is 6.20. The van der Waals surface area contributed by atoms with Crippen LogP contribution in [0.3, 0.4) is 0 Å². The topological polar surface area (TPSA) is 76.3 Å². The summed E-state index contributed by atoms with van der Waals surface area (Å²) in [6, 6.07) is 9.03. The predicted molar refractivity (Wildman–Crippen MR) is 106 cm³/mol. The van der Waals surface area contributed by atoms with E-state index in [9.17, 15) is 10.1 Å². The minimum Gasteiger partial charge on any atom is -0.497 e. The van der Waals surface area contributed by atoms with Crippen molar-refractivity contribution < 1.29 is 14.3 Å². The first-order valence-corrected chi connectivity index (χ1v) is 8.76. The summed E-state index contributed by atoms with van der Waals surface area (Å²) in [5.41, 5.74) is 3.55. The molecule has 1 amide bonds. The number of nitrogens with one attached hydrogen (secondary N) is 1. The van der Waals surface area contributed by atoms with E-state index in [1.165, 1.54) is 14.2 Å². The summed E-state index contributed by atoms with van der Waals surface area (Å²) >= 11 is 0. The number of hydrogen-bond acceptors (Lipinski definition) is 4. The molecule has 1 aromatic carbocycles. The molecule has 2 aromatic rings. The molecular formula is C21H25N3O3. The van der Waals surface area contributed by atoms with Gasteiger partial charge in [-0.2, -0.15) is 5.26 Å². The lowest BCUT2D eigenvalue weighted by Crippen LogP contribution is -2.13. The van der Waals surface area contributed by atoms with Gasteiger partial charge in [0.25, 0.3) is 5.91 Å². The molecule has 0 spiro atoms. The number of carbonyl (C=O) groups excluding carboxylic acids is 1. The maximum absolute atomic E-state index is 12.6. The zero-order chi connectivity index (χ0) is 20.0. The van der Waals surface area contributed by atoms with Crippen LogP contribution in [0.1, 0.15) is 30.3 Å². The fraction of sp³-hybridized carbons (Fsp3) is 0.333. The molecule has 142 valence electrons. The molecule has 0 radical (unpaired) electrons. The molecule has 1 N–H and O–H groups in total. The Bertz CT molecular complexity index is 882. The fourth-order valence-corrected chi connectivity index (χ4v) is 2.92. The van der Waals surface area contributed by atoms with E-state index in [1.54, 1.807) is 24.3 Å². The Morgan fingerprint density at radius 1 is 1.19 bits per heavy atom. The third-order valence-electron chi connectivity index (χ3n) is 4.33. The van der Waals surface area contributed by atoms with E-state index in [1.807, 2.05) is 26.0 Å². The summed E-state index contributed by atoms with van der Waals surface area (Å²) in [6.07, 6.45) is 2.64. The monoisotopic (exact) mass is 367 g/mol. The Balaban J connectivity index is 2.30. The quantitative estimate of drug-likeness (QED) is 0.591. The Kier molecular flexibility index (Phi) is 6.67. The Morgan fingerprint density at radius 2 is 1.81 bits per heavy atom. The number of methoxy groups -OCH3 is 2. The van der Waals surface area contributed by atoms with E-state index in [-0.39, 0.29) is 5.57 Å². The van der Waals surface area contributed by atoms with Crippen molar-refractivity contribution in [1.29, 1.82) is 5.26 Å². The highest BCUT2D eigenvalue weighted by atomic mass is 16.5. The number of benzene rings is 1. The average molecular weight is 367 g/mol. The predicted octanol–water partition coefficient (Wildman–Crippen LogP) is 4.08. The number of aromatic nitrogens is 1. The Hall–Kier alpha value is -3.20. The molecule has 27 heavy (non-hydrogen) atoms. The van der Waals surface area contributed by atoms with Crippen molar-refractivity contribution in [2.24, 2.45) is 0 Å². The van der Waals surface area contributed by atoms with Crippen LogP contribution in [0.15, 0.2) is 29.8 Å². The molecule has 6 nitrogen and oxygen atoms in total. The second kappa shape index (κ2) is 8.95. The van der Waals surface area contributed by atoms with E-state index in [0.29, 0.717) is 17.2 Å². The van der Waals surface area contributed by atoms with Crippen LogP contribution in [-0.4, -0.2) is 24.7 Å². The molecule has 0 unspecified atom stereocenters. The van der Waals surface area contributed by atoms with Crippen LogP contribution in [0.2, 0.25) is 0 Å². The minimum absolute atomic E-state index is 0.0357. The molecule has 6 heteroatoms. The second-order valence-corrected chi connectivity index (χ2v) is 6.20. The van der Waals surface area contributed by atoms with Crippen LogP contribution in [-0.2, 0) is 11.3 Å². The molecule has 0 aliphatic heterocycles. The first-order valence-electron chi connectivity index (χ1n) is 8.76. The van der Waals surface area contributed by atoms with Crippen molar-refractivity contribution in [2.75, 3.05) is 19.5 Å². The van der Waals surface area contributed by atoms with E-state index in [0.717, 1.165) is 29.9 Å². The number of aryl methyl sites for hydroxylation is 1. The Morgan fingerprint density at radius 3 is 2.33 bits per heavy atom. The van der Waals surface area contributed by atoms with Gasteiger partial charge in [-0.1, -0.05) is 6.92 Å². The van der Waals surface area contributed by atoms with Crippen LogP contribution in [0.4, 0.5) is 5.69 Å². The van der Waals surface area contributed by atoms with Gasteiger partial charge in [0, 0.05) is 41.8 Å². The maximum Gasteiger partial charge on any atom is 0.266 e. The summed E-state index contributed by atoms with van der Waals surface area (Å²) in [6.45, 7) is 7.04. The van der Waals surface area contributed by atoms with Crippen molar-refractivity contribution in [3.63, 3.8) is 0 Å². The summed E-state index contributed by atoms with van der Waals surface area (Å²) in [5, 5.41) is 12.2. The summed E-state index contributed by atoms with van der Waals surface area (Å²) in [7, 11) is 3.07. The van der Waals surface area contributed by atoms with Gasteiger partial charge >= 0.3 is 0 Å². The summed E-state index contributed by atoms with van der Waals surface area (Å²) in [5.74, 6) is 0.624. The third kappa shape index (κ3) is 4.70. The van der Waals surface area contributed by atoms with E-state index >= 15 is 0 Å². The van der Waals surface area contributed by atoms with Crippen molar-refractivity contribution in [3.8, 4) is 17.6 Å². The molecule has 0 aliphatic carbocycles. The number of anilines is 1. The number of amides is 1. The molecule has 0 bridgehead atoms. The standard InChI is InChI=1S/C21H25N3O3/c1-6-7-24-14(2)8-16(15(24)3)9-17(13-22)21(25)23-18-10-19(26-4)12-20(11-18)27-5/h8-12H,6-7H2,1-5H3,(H,23,25). The van der Waals surface area contributed by atoms with E-state index in [2.05, 4.69) is 16.8 Å². The highest BCUT2D eigenvalue weighted by Gasteiger charge is 2.14. The number of carbonyl (C=O) groups is 1. The number of nitrogens with zero attached hydrogens (tertiary/aromatic N) is 2. The summed E-state index contributed by atoms with van der Waals surface area (Å²) in [4.78, 5) is 12.6. The van der Waals surface area contributed by atoms with Crippen LogP contribution in [0.25, 0.3) is 6.08 Å². The van der Waals surface area contributed by atoms with Gasteiger partial charge in [-0.15, -0.1) is 0 Å². The van der Waals surface area contributed by atoms with Gasteiger partial charge in [-0.25, -0.2) is 0 Å². The zero-order valence-electron chi connectivity index (χ0n) is 16.4. The molecular weight excluding hydrogens is 342 g/mol. The maximum atomic E-state index is 12.6. The Labute approximate surface area is 160 Å². The average Bonchev–Trinajstić information content (AvgIpc) is 2.93. The highest BCUT2D eigenvalue weighted by Crippen LogP contribution is 2.26. The van der Waals surface area contributed by atoms with Crippen molar-refractivity contribution in [3.05, 3.63) is 46.8 Å². The molecule has 1 aromatic heterocycles. The lowest BCUT2D eigenvalue weighted by Gasteiger charge is -2.09. The van der Waals surface area contributed by atoms with Gasteiger partial charge < -0.3 is 19.4 Å². The number of hydrogen-bond donors (Lipinski definition) is 1. The van der Waals surface area contributed by atoms with E-state index < -0.39 is 5.91 Å². The normalized spacial score (nSPS) is 11.0. The van der Waals surface area contributed by atoms with Gasteiger partial charge in [-0.05, 0) is 38.0 Å². The molecule has 2 rings (SSSR count). The SMILES string of the molecule is CCCn1c(C)cc(C=C(C#N)C(=O)Nc2cc(OC)cc(OC)c2)c1C. The van der Waals surface area contributed by atoms with Crippen LogP contribution < -0.4 is 14.8 Å². The van der Waals surface area contributed by atoms with Crippen molar-refractivity contribution in [1.82, 2.24) is 4.57 Å². The van der Waals surface area contributed by atoms with E-state index in [4.69, 9.17) is 9.47 Å². The van der Waals surface area contributed by atoms with Gasteiger partial charge in [0.2, 0.25) is 0 Å². The van der Waals surface area contributed by atoms with Gasteiger partial charge in [0.1, 0.15) is 23.1 Å². The molecule has 1 heterocycles. The van der Waals surface area contributed by atoms with Crippen molar-refractivity contribution >= 4 is 17.7 Å². The molecule has 0 fully saturated rings. The fourth-order valence-electron chi connectivity index (χ4n) is 2.92. The third-order valence-corrected chi connectivity index (χ3v) is 4.33. The molecule has 0 aliphatic rings. The van der Waals surface area contributed by atoms with Crippen LogP contribution in [0.5, 0.6) is 11.5 Å².